The van der Waals surface area contributed by atoms with Crippen molar-refractivity contribution in [3.05, 3.63) is 12.2 Å². The van der Waals surface area contributed by atoms with Crippen LogP contribution in [0, 0.1) is 0 Å². The summed E-state index contributed by atoms with van der Waals surface area (Å²) in [5.41, 5.74) is 0. The van der Waals surface area contributed by atoms with Crippen LogP contribution in [0.3, 0.4) is 0 Å². The minimum atomic E-state index is -0.734. The Balaban J connectivity index is 3.09. The summed E-state index contributed by atoms with van der Waals surface area (Å²) in [6.45, 7) is 0. The average Bonchev–Trinajstić information content (AvgIpc) is 2.42. The van der Waals surface area contributed by atoms with E-state index in [0.717, 1.165) is 25.7 Å². The SMILES string of the molecule is O=C(O)CC/C=C/CCCCCCCCCCCC(=O)O. The van der Waals surface area contributed by atoms with Crippen LogP contribution in [0.5, 0.6) is 0 Å². The van der Waals surface area contributed by atoms with Gasteiger partial charge in [-0.2, -0.15) is 0 Å². The zero-order valence-corrected chi connectivity index (χ0v) is 13.1. The van der Waals surface area contributed by atoms with E-state index in [2.05, 4.69) is 6.08 Å². The van der Waals surface area contributed by atoms with Crippen molar-refractivity contribution in [2.75, 3.05) is 0 Å². The molecular formula is C17H30O4. The number of carboxylic acid groups (broad SMARTS) is 2. The minimum absolute atomic E-state index is 0.225. The minimum Gasteiger partial charge on any atom is -0.481 e. The second-order valence-electron chi connectivity index (χ2n) is 5.52. The van der Waals surface area contributed by atoms with Gasteiger partial charge >= 0.3 is 11.9 Å². The molecule has 0 bridgehead atoms. The maximum atomic E-state index is 10.3. The van der Waals surface area contributed by atoms with E-state index in [4.69, 9.17) is 10.2 Å². The second kappa shape index (κ2) is 15.1. The molecule has 0 saturated heterocycles. The molecule has 21 heavy (non-hydrogen) atoms. The molecule has 122 valence electrons. The van der Waals surface area contributed by atoms with Crippen LogP contribution in [0.25, 0.3) is 0 Å². The van der Waals surface area contributed by atoms with Crippen molar-refractivity contribution < 1.29 is 19.8 Å². The van der Waals surface area contributed by atoms with Crippen molar-refractivity contribution in [2.45, 2.75) is 83.5 Å². The van der Waals surface area contributed by atoms with Crippen molar-refractivity contribution in [3.8, 4) is 0 Å². The molecule has 0 amide bonds. The van der Waals surface area contributed by atoms with E-state index in [-0.39, 0.29) is 6.42 Å². The van der Waals surface area contributed by atoms with Crippen molar-refractivity contribution in [2.24, 2.45) is 0 Å². The van der Waals surface area contributed by atoms with Crippen molar-refractivity contribution >= 4 is 11.9 Å². The molecule has 0 aliphatic rings. The molecule has 0 spiro atoms. The van der Waals surface area contributed by atoms with E-state index in [1.54, 1.807) is 0 Å². The first kappa shape index (κ1) is 19.7. The molecule has 0 fully saturated rings. The van der Waals surface area contributed by atoms with Gasteiger partial charge in [0, 0.05) is 12.8 Å². The third-order valence-corrected chi connectivity index (χ3v) is 3.45. The summed E-state index contributed by atoms with van der Waals surface area (Å²) in [4.78, 5) is 20.6. The van der Waals surface area contributed by atoms with Crippen molar-refractivity contribution in [3.63, 3.8) is 0 Å². The Morgan fingerprint density at radius 2 is 1.00 bits per heavy atom. The molecule has 0 unspecified atom stereocenters. The van der Waals surface area contributed by atoms with E-state index >= 15 is 0 Å². The van der Waals surface area contributed by atoms with Crippen LogP contribution in [-0.4, -0.2) is 22.2 Å². The maximum absolute atomic E-state index is 10.3. The topological polar surface area (TPSA) is 74.6 Å². The normalized spacial score (nSPS) is 11.0. The van der Waals surface area contributed by atoms with Gasteiger partial charge in [0.1, 0.15) is 0 Å². The fraction of sp³-hybridized carbons (Fsp3) is 0.765. The molecule has 0 heterocycles. The smallest absolute Gasteiger partial charge is 0.303 e. The number of carbonyl (C=O) groups is 2. The number of aliphatic carboxylic acids is 2. The van der Waals surface area contributed by atoms with Crippen molar-refractivity contribution in [1.82, 2.24) is 0 Å². The highest BCUT2D eigenvalue weighted by Gasteiger charge is 1.96. The lowest BCUT2D eigenvalue weighted by molar-refractivity contribution is -0.138. The first-order chi connectivity index (χ1) is 10.1. The van der Waals surface area contributed by atoms with Gasteiger partial charge in [0.05, 0.1) is 0 Å². The Kier molecular flexibility index (Phi) is 14.1. The standard InChI is InChI=1S/C17H30O4/c18-16(19)14-12-10-8-6-4-2-1-3-5-7-9-11-13-15-17(20)21/h8,10H,1-7,9,11-15H2,(H,18,19)(H,20,21)/b10-8+. The number of allylic oxidation sites excluding steroid dienone is 2. The van der Waals surface area contributed by atoms with Gasteiger partial charge < -0.3 is 10.2 Å². The monoisotopic (exact) mass is 298 g/mol. The highest BCUT2D eigenvalue weighted by atomic mass is 16.4. The molecule has 0 rings (SSSR count). The highest BCUT2D eigenvalue weighted by molar-refractivity contribution is 5.66. The molecule has 0 saturated carbocycles. The zero-order valence-electron chi connectivity index (χ0n) is 13.1. The van der Waals surface area contributed by atoms with Crippen molar-refractivity contribution in [1.29, 1.82) is 0 Å². The lowest BCUT2D eigenvalue weighted by Gasteiger charge is -2.01. The number of hydrogen-bond acceptors (Lipinski definition) is 2. The molecule has 0 aliphatic heterocycles. The third kappa shape index (κ3) is 18.7. The Bertz CT molecular complexity index is 297. The average molecular weight is 298 g/mol. The molecule has 0 aromatic rings. The van der Waals surface area contributed by atoms with E-state index in [0.29, 0.717) is 12.8 Å². The predicted molar refractivity (Wildman–Crippen MR) is 84.4 cm³/mol. The molecule has 2 N–H and O–H groups in total. The fourth-order valence-electron chi connectivity index (χ4n) is 2.22. The quantitative estimate of drug-likeness (QED) is 0.337. The van der Waals surface area contributed by atoms with Gasteiger partial charge in [-0.15, -0.1) is 0 Å². The Hall–Kier alpha value is -1.32. The van der Waals surface area contributed by atoms with Crippen LogP contribution in [0.15, 0.2) is 12.2 Å². The van der Waals surface area contributed by atoms with Crippen LogP contribution in [0.4, 0.5) is 0 Å². The van der Waals surface area contributed by atoms with E-state index in [1.165, 1.54) is 38.5 Å². The molecule has 0 aromatic carbocycles. The molecule has 0 aromatic heterocycles. The number of hydrogen-bond donors (Lipinski definition) is 2. The van der Waals surface area contributed by atoms with Gasteiger partial charge in [0.15, 0.2) is 0 Å². The summed E-state index contributed by atoms with van der Waals surface area (Å²) in [7, 11) is 0. The summed E-state index contributed by atoms with van der Waals surface area (Å²) in [5, 5.41) is 17.0. The second-order valence-corrected chi connectivity index (χ2v) is 5.52. The Labute approximate surface area is 128 Å². The van der Waals surface area contributed by atoms with Gasteiger partial charge in [-0.3, -0.25) is 9.59 Å². The maximum Gasteiger partial charge on any atom is 0.303 e. The lowest BCUT2D eigenvalue weighted by Crippen LogP contribution is -1.93. The Morgan fingerprint density at radius 3 is 1.52 bits per heavy atom. The summed E-state index contributed by atoms with van der Waals surface area (Å²) >= 11 is 0. The zero-order chi connectivity index (χ0) is 15.8. The van der Waals surface area contributed by atoms with Gasteiger partial charge in [-0.25, -0.2) is 0 Å². The van der Waals surface area contributed by atoms with Crippen LogP contribution < -0.4 is 0 Å². The Morgan fingerprint density at radius 1 is 0.571 bits per heavy atom. The summed E-state index contributed by atoms with van der Waals surface area (Å²) in [5.74, 6) is -1.42. The number of unbranched alkanes of at least 4 members (excludes halogenated alkanes) is 9. The molecule has 0 radical (unpaired) electrons. The number of rotatable bonds is 15. The van der Waals surface area contributed by atoms with Gasteiger partial charge in [-0.1, -0.05) is 57.1 Å². The third-order valence-electron chi connectivity index (χ3n) is 3.45. The van der Waals surface area contributed by atoms with E-state index in [9.17, 15) is 9.59 Å². The molecular weight excluding hydrogens is 268 g/mol. The molecule has 0 atom stereocenters. The summed E-state index contributed by atoms with van der Waals surface area (Å²) < 4.78 is 0. The van der Waals surface area contributed by atoms with Crippen LogP contribution in [0.1, 0.15) is 83.5 Å². The summed E-state index contributed by atoms with van der Waals surface area (Å²) in [6, 6.07) is 0. The highest BCUT2D eigenvalue weighted by Crippen LogP contribution is 2.11. The lowest BCUT2D eigenvalue weighted by atomic mass is 10.1. The van der Waals surface area contributed by atoms with Gasteiger partial charge in [0.25, 0.3) is 0 Å². The molecule has 4 heteroatoms. The predicted octanol–water partition coefficient (Wildman–Crippen LogP) is 4.78. The fourth-order valence-corrected chi connectivity index (χ4v) is 2.22. The van der Waals surface area contributed by atoms with Gasteiger partial charge in [-0.05, 0) is 25.7 Å². The number of carboxylic acids is 2. The van der Waals surface area contributed by atoms with Crippen LogP contribution in [0.2, 0.25) is 0 Å². The van der Waals surface area contributed by atoms with Crippen LogP contribution >= 0.6 is 0 Å². The molecule has 0 aliphatic carbocycles. The van der Waals surface area contributed by atoms with E-state index in [1.807, 2.05) is 6.08 Å². The van der Waals surface area contributed by atoms with E-state index < -0.39 is 11.9 Å². The first-order valence-electron chi connectivity index (χ1n) is 8.21. The molecule has 4 nitrogen and oxygen atoms in total. The van der Waals surface area contributed by atoms with Crippen LogP contribution in [-0.2, 0) is 9.59 Å². The largest absolute Gasteiger partial charge is 0.481 e. The van der Waals surface area contributed by atoms with Gasteiger partial charge in [0.2, 0.25) is 0 Å². The first-order valence-corrected chi connectivity index (χ1v) is 8.21. The summed E-state index contributed by atoms with van der Waals surface area (Å²) in [6.07, 6.45) is 16.7.